The van der Waals surface area contributed by atoms with Crippen LogP contribution in [0.2, 0.25) is 0 Å². The maximum Gasteiger partial charge on any atom is 0.290 e. The minimum Gasteiger partial charge on any atom is -0.467 e. The molecule has 1 N–H and O–H groups in total. The normalized spacial score (nSPS) is 19.2. The third kappa shape index (κ3) is 0.812. The molecule has 5 heteroatoms. The maximum absolute atomic E-state index is 10.4. The molecule has 1 heterocycles. The highest BCUT2D eigenvalue weighted by Gasteiger charge is 2.33. The fourth-order valence-electron chi connectivity index (χ4n) is 0.499. The SMILES string of the molecule is N=C1OCC(=O)C(=O)C1=O. The third-order valence-corrected chi connectivity index (χ3v) is 1.01. The lowest BCUT2D eigenvalue weighted by molar-refractivity contribution is -0.145. The second kappa shape index (κ2) is 2.02. The lowest BCUT2D eigenvalue weighted by atomic mass is 10.1. The van der Waals surface area contributed by atoms with Gasteiger partial charge in [0.1, 0.15) is 0 Å². The second-order valence-electron chi connectivity index (χ2n) is 1.70. The van der Waals surface area contributed by atoms with E-state index in [1.54, 1.807) is 0 Å². The Morgan fingerprint density at radius 1 is 1.20 bits per heavy atom. The first-order valence-corrected chi connectivity index (χ1v) is 2.46. The lowest BCUT2D eigenvalue weighted by Gasteiger charge is -2.08. The fourth-order valence-corrected chi connectivity index (χ4v) is 0.499. The second-order valence-corrected chi connectivity index (χ2v) is 1.70. The van der Waals surface area contributed by atoms with Crippen molar-refractivity contribution >= 4 is 23.2 Å². The number of ether oxygens (including phenoxy) is 1. The zero-order valence-electron chi connectivity index (χ0n) is 4.84. The van der Waals surface area contributed by atoms with Gasteiger partial charge in [-0.15, -0.1) is 0 Å². The summed E-state index contributed by atoms with van der Waals surface area (Å²) in [5.74, 6) is -3.95. The molecule has 0 unspecified atom stereocenters. The molecule has 1 rings (SSSR count). The maximum atomic E-state index is 10.4. The van der Waals surface area contributed by atoms with Gasteiger partial charge in [-0.1, -0.05) is 0 Å². The van der Waals surface area contributed by atoms with Crippen molar-refractivity contribution in [1.29, 1.82) is 5.41 Å². The molecule has 10 heavy (non-hydrogen) atoms. The number of hydrogen-bond donors (Lipinski definition) is 1. The average Bonchev–Trinajstić information content (AvgIpc) is 1.93. The molecule has 1 fully saturated rings. The Morgan fingerprint density at radius 2 is 1.80 bits per heavy atom. The molecule has 0 aromatic heterocycles. The first kappa shape index (κ1) is 6.60. The highest BCUT2D eigenvalue weighted by molar-refractivity contribution is 6.79. The first-order valence-electron chi connectivity index (χ1n) is 2.46. The third-order valence-electron chi connectivity index (χ3n) is 1.01. The van der Waals surface area contributed by atoms with E-state index in [0.29, 0.717) is 0 Å². The summed E-state index contributed by atoms with van der Waals surface area (Å²) in [6, 6.07) is 0. The Hall–Kier alpha value is -1.52. The van der Waals surface area contributed by atoms with Crippen LogP contribution in [0.4, 0.5) is 0 Å². The van der Waals surface area contributed by atoms with Crippen LogP contribution in [0.15, 0.2) is 0 Å². The Bertz CT molecular complexity index is 216. The van der Waals surface area contributed by atoms with E-state index in [-0.39, 0.29) is 0 Å². The van der Waals surface area contributed by atoms with Crippen molar-refractivity contribution in [3.8, 4) is 0 Å². The fraction of sp³-hybridized carbons (Fsp3) is 0.200. The summed E-state index contributed by atoms with van der Waals surface area (Å²) in [7, 11) is 0. The molecule has 0 spiro atoms. The van der Waals surface area contributed by atoms with Gasteiger partial charge in [-0.3, -0.25) is 19.8 Å². The van der Waals surface area contributed by atoms with Crippen molar-refractivity contribution in [3.63, 3.8) is 0 Å². The van der Waals surface area contributed by atoms with E-state index in [1.165, 1.54) is 0 Å². The van der Waals surface area contributed by atoms with Crippen LogP contribution in [-0.2, 0) is 19.1 Å². The van der Waals surface area contributed by atoms with Gasteiger partial charge < -0.3 is 4.74 Å². The molecule has 0 saturated carbocycles. The minimum absolute atomic E-state index is 0.483. The van der Waals surface area contributed by atoms with Crippen molar-refractivity contribution in [2.24, 2.45) is 0 Å². The van der Waals surface area contributed by atoms with Crippen molar-refractivity contribution in [2.75, 3.05) is 6.61 Å². The van der Waals surface area contributed by atoms with Crippen LogP contribution in [0.25, 0.3) is 0 Å². The van der Waals surface area contributed by atoms with Gasteiger partial charge in [0.25, 0.3) is 17.5 Å². The molecule has 0 aliphatic carbocycles. The minimum atomic E-state index is -1.16. The van der Waals surface area contributed by atoms with Gasteiger partial charge in [0.05, 0.1) is 0 Å². The highest BCUT2D eigenvalue weighted by atomic mass is 16.5. The van der Waals surface area contributed by atoms with Gasteiger partial charge in [0.2, 0.25) is 5.78 Å². The van der Waals surface area contributed by atoms with Crippen molar-refractivity contribution in [1.82, 2.24) is 0 Å². The molecule has 1 saturated heterocycles. The quantitative estimate of drug-likeness (QED) is 0.425. The predicted molar refractivity (Wildman–Crippen MR) is 28.7 cm³/mol. The van der Waals surface area contributed by atoms with Gasteiger partial charge in [-0.2, -0.15) is 0 Å². The molecule has 0 bridgehead atoms. The van der Waals surface area contributed by atoms with Crippen LogP contribution in [0.5, 0.6) is 0 Å². The summed E-state index contributed by atoms with van der Waals surface area (Å²) in [6.45, 7) is -0.483. The monoisotopic (exact) mass is 141 g/mol. The average molecular weight is 141 g/mol. The van der Waals surface area contributed by atoms with Crippen LogP contribution in [0, 0.1) is 5.41 Å². The van der Waals surface area contributed by atoms with Gasteiger partial charge in [0, 0.05) is 0 Å². The number of Topliss-reactive ketones (excluding diaryl/α,β-unsaturated/α-hetero) is 3. The molecule has 52 valence electrons. The van der Waals surface area contributed by atoms with Gasteiger partial charge >= 0.3 is 0 Å². The molecule has 1 aliphatic heterocycles. The summed E-state index contributed by atoms with van der Waals surface area (Å²) in [6.07, 6.45) is 0. The van der Waals surface area contributed by atoms with Gasteiger partial charge in [-0.25, -0.2) is 0 Å². The van der Waals surface area contributed by atoms with Crippen LogP contribution in [-0.4, -0.2) is 29.9 Å². The van der Waals surface area contributed by atoms with Gasteiger partial charge in [-0.05, 0) is 0 Å². The summed E-state index contributed by atoms with van der Waals surface area (Å²) >= 11 is 0. The van der Waals surface area contributed by atoms with Crippen molar-refractivity contribution in [3.05, 3.63) is 0 Å². The topological polar surface area (TPSA) is 84.3 Å². The van der Waals surface area contributed by atoms with Crippen LogP contribution in [0.3, 0.4) is 0 Å². The lowest BCUT2D eigenvalue weighted by Crippen LogP contribution is -2.40. The van der Waals surface area contributed by atoms with E-state index in [2.05, 4.69) is 4.74 Å². The first-order chi connectivity index (χ1) is 4.63. The summed E-state index contributed by atoms with van der Waals surface area (Å²) in [5.41, 5.74) is 0. The molecule has 1 aliphatic rings. The Kier molecular flexibility index (Phi) is 1.33. The standard InChI is InChI=1S/C5H3NO4/c6-5-4(9)3(8)2(7)1-10-5/h6H,1H2. The number of carbonyl (C=O) groups excluding carboxylic acids is 3. The zero-order valence-corrected chi connectivity index (χ0v) is 4.84. The van der Waals surface area contributed by atoms with E-state index in [1.807, 2.05) is 0 Å². The number of nitrogens with one attached hydrogen (secondary N) is 1. The van der Waals surface area contributed by atoms with E-state index in [0.717, 1.165) is 0 Å². The van der Waals surface area contributed by atoms with E-state index in [9.17, 15) is 14.4 Å². The van der Waals surface area contributed by atoms with E-state index >= 15 is 0 Å². The van der Waals surface area contributed by atoms with Crippen LogP contribution < -0.4 is 0 Å². The zero-order chi connectivity index (χ0) is 7.72. The van der Waals surface area contributed by atoms with Crippen molar-refractivity contribution in [2.45, 2.75) is 0 Å². The molecular formula is C5H3NO4. The molecule has 0 aromatic rings. The van der Waals surface area contributed by atoms with Crippen LogP contribution in [0.1, 0.15) is 0 Å². The summed E-state index contributed by atoms with van der Waals surface area (Å²) < 4.78 is 4.24. The molecule has 0 aromatic carbocycles. The molecule has 0 radical (unpaired) electrons. The summed E-state index contributed by atoms with van der Waals surface area (Å²) in [4.78, 5) is 31.2. The van der Waals surface area contributed by atoms with Crippen molar-refractivity contribution < 1.29 is 19.1 Å². The van der Waals surface area contributed by atoms with E-state index < -0.39 is 29.9 Å². The number of rotatable bonds is 0. The number of carbonyl (C=O) groups is 3. The highest BCUT2D eigenvalue weighted by Crippen LogP contribution is 1.94. The van der Waals surface area contributed by atoms with E-state index in [4.69, 9.17) is 5.41 Å². The predicted octanol–water partition coefficient (Wildman–Crippen LogP) is -1.30. The number of hydrogen-bond acceptors (Lipinski definition) is 5. The number of ketones is 3. The molecule has 0 amide bonds. The summed E-state index contributed by atoms with van der Waals surface area (Å²) in [5, 5.41) is 6.67. The molecular weight excluding hydrogens is 138 g/mol. The Balaban J connectivity index is 2.90. The van der Waals surface area contributed by atoms with Crippen LogP contribution >= 0.6 is 0 Å². The van der Waals surface area contributed by atoms with Gasteiger partial charge in [0.15, 0.2) is 6.61 Å². The molecule has 0 atom stereocenters. The Labute approximate surface area is 55.5 Å². The largest absolute Gasteiger partial charge is 0.467 e. The smallest absolute Gasteiger partial charge is 0.290 e. The Morgan fingerprint density at radius 3 is 2.30 bits per heavy atom. The molecule has 5 nitrogen and oxygen atoms in total.